The molecule has 0 saturated heterocycles. The summed E-state index contributed by atoms with van der Waals surface area (Å²) in [4.78, 5) is 25.7. The molecule has 0 aliphatic carbocycles. The first-order chi connectivity index (χ1) is 29.8. The van der Waals surface area contributed by atoms with E-state index in [1.807, 2.05) is 85.1 Å². The van der Waals surface area contributed by atoms with E-state index in [9.17, 15) is 0 Å². The average molecular weight is 768 g/mol. The maximum absolute atomic E-state index is 5.22. The Bertz CT molecular complexity index is 3540. The van der Waals surface area contributed by atoms with Gasteiger partial charge < -0.3 is 0 Å². The van der Waals surface area contributed by atoms with Crippen LogP contribution in [-0.2, 0) is 0 Å². The minimum absolute atomic E-state index is 0.562. The van der Waals surface area contributed by atoms with Crippen LogP contribution in [0.1, 0.15) is 0 Å². The van der Waals surface area contributed by atoms with Crippen molar-refractivity contribution >= 4 is 54.5 Å². The van der Waals surface area contributed by atoms with E-state index in [1.165, 1.54) is 0 Å². The topological polar surface area (TPSA) is 74.3 Å². The molecule has 280 valence electrons. The number of hydrogen-bond acceptors (Lipinski definition) is 5. The molecule has 60 heavy (non-hydrogen) atoms. The van der Waals surface area contributed by atoms with E-state index in [0.29, 0.717) is 17.6 Å². The van der Waals surface area contributed by atoms with Crippen LogP contribution in [0.15, 0.2) is 200 Å². The molecule has 4 heterocycles. The maximum Gasteiger partial charge on any atom is 0.238 e. The SMILES string of the molecule is c1ccc(-c2nc(-c3ccccc3)nc(-n3c4ccccc4c4cc(-c5ccc(-c6nc7ccccc7n6-c6ccccc6)c6ncccc56)c5ccccc5c43)n2)cc1. The van der Waals surface area contributed by atoms with Crippen molar-refractivity contribution in [3.05, 3.63) is 200 Å². The number of nitrogens with zero attached hydrogens (tertiary/aromatic N) is 7. The molecule has 12 aromatic rings. The molecule has 0 fully saturated rings. The van der Waals surface area contributed by atoms with Crippen molar-refractivity contribution in [2.24, 2.45) is 0 Å². The number of para-hydroxylation sites is 4. The third kappa shape index (κ3) is 5.33. The molecule has 0 bridgehead atoms. The van der Waals surface area contributed by atoms with Crippen LogP contribution in [0.3, 0.4) is 0 Å². The number of benzene rings is 8. The predicted molar refractivity (Wildman–Crippen MR) is 243 cm³/mol. The Labute approximate surface area is 344 Å². The third-order valence-electron chi connectivity index (χ3n) is 11.4. The van der Waals surface area contributed by atoms with Crippen LogP contribution >= 0.6 is 0 Å². The smallest absolute Gasteiger partial charge is 0.238 e. The molecule has 12 rings (SSSR count). The zero-order valence-electron chi connectivity index (χ0n) is 32.2. The highest BCUT2D eigenvalue weighted by molar-refractivity contribution is 6.23. The van der Waals surface area contributed by atoms with Crippen LogP contribution in [0, 0.1) is 0 Å². The third-order valence-corrected chi connectivity index (χ3v) is 11.4. The molecule has 7 heteroatoms. The van der Waals surface area contributed by atoms with Gasteiger partial charge in [0.1, 0.15) is 5.82 Å². The molecule has 0 aliphatic rings. The van der Waals surface area contributed by atoms with Gasteiger partial charge in [-0.05, 0) is 65.0 Å². The number of rotatable bonds is 6. The van der Waals surface area contributed by atoms with Gasteiger partial charge >= 0.3 is 0 Å². The van der Waals surface area contributed by atoms with Gasteiger partial charge in [-0.25, -0.2) is 9.97 Å². The molecule has 7 nitrogen and oxygen atoms in total. The lowest BCUT2D eigenvalue weighted by molar-refractivity contribution is 0.955. The summed E-state index contributed by atoms with van der Waals surface area (Å²) in [5.74, 6) is 2.65. The quantitative estimate of drug-likeness (QED) is 0.168. The van der Waals surface area contributed by atoms with Crippen molar-refractivity contribution in [1.82, 2.24) is 34.1 Å². The van der Waals surface area contributed by atoms with Crippen molar-refractivity contribution in [1.29, 1.82) is 0 Å². The van der Waals surface area contributed by atoms with Crippen molar-refractivity contribution in [2.45, 2.75) is 0 Å². The molecule has 0 aliphatic heterocycles. The maximum atomic E-state index is 5.22. The fourth-order valence-electron chi connectivity index (χ4n) is 8.78. The zero-order valence-corrected chi connectivity index (χ0v) is 32.2. The highest BCUT2D eigenvalue weighted by atomic mass is 15.2. The summed E-state index contributed by atoms with van der Waals surface area (Å²) in [5, 5.41) is 5.47. The van der Waals surface area contributed by atoms with E-state index >= 15 is 0 Å². The van der Waals surface area contributed by atoms with Crippen LogP contribution in [0.25, 0.3) is 111 Å². The average Bonchev–Trinajstić information content (AvgIpc) is 3.88. The van der Waals surface area contributed by atoms with Crippen LogP contribution in [0.2, 0.25) is 0 Å². The summed E-state index contributed by atoms with van der Waals surface area (Å²) < 4.78 is 4.45. The number of imidazole rings is 1. The van der Waals surface area contributed by atoms with E-state index in [1.54, 1.807) is 0 Å². The van der Waals surface area contributed by atoms with Crippen molar-refractivity contribution in [3.8, 4) is 56.9 Å². The molecule has 0 radical (unpaired) electrons. The number of fused-ring (bicyclic) bond motifs is 7. The van der Waals surface area contributed by atoms with Gasteiger partial charge in [-0.1, -0.05) is 146 Å². The van der Waals surface area contributed by atoms with E-state index < -0.39 is 0 Å². The van der Waals surface area contributed by atoms with Gasteiger partial charge in [-0.2, -0.15) is 9.97 Å². The lowest BCUT2D eigenvalue weighted by Gasteiger charge is -2.16. The van der Waals surface area contributed by atoms with E-state index in [-0.39, 0.29) is 0 Å². The lowest BCUT2D eigenvalue weighted by Crippen LogP contribution is -2.06. The first-order valence-corrected chi connectivity index (χ1v) is 20.0. The molecule has 0 unspecified atom stereocenters. The van der Waals surface area contributed by atoms with E-state index in [4.69, 9.17) is 24.9 Å². The van der Waals surface area contributed by atoms with Crippen LogP contribution in [0.5, 0.6) is 0 Å². The fourth-order valence-corrected chi connectivity index (χ4v) is 8.78. The molecule has 0 amide bonds. The minimum atomic E-state index is 0.562. The molecule has 0 atom stereocenters. The summed E-state index contributed by atoms with van der Waals surface area (Å²) in [6.45, 7) is 0. The lowest BCUT2D eigenvalue weighted by atomic mass is 9.91. The van der Waals surface area contributed by atoms with Gasteiger partial charge in [0.05, 0.1) is 27.6 Å². The highest BCUT2D eigenvalue weighted by Gasteiger charge is 2.23. The van der Waals surface area contributed by atoms with Crippen molar-refractivity contribution in [3.63, 3.8) is 0 Å². The molecular formula is C53H33N7. The zero-order chi connectivity index (χ0) is 39.6. The normalized spacial score (nSPS) is 11.7. The largest absolute Gasteiger partial charge is 0.292 e. The summed E-state index contributed by atoms with van der Waals surface area (Å²) >= 11 is 0. The van der Waals surface area contributed by atoms with Gasteiger partial charge in [0, 0.05) is 50.1 Å². The second kappa shape index (κ2) is 13.7. The summed E-state index contributed by atoms with van der Waals surface area (Å²) in [7, 11) is 0. The molecule has 0 saturated carbocycles. The Balaban J connectivity index is 1.12. The van der Waals surface area contributed by atoms with Gasteiger partial charge in [0.2, 0.25) is 5.95 Å². The summed E-state index contributed by atoms with van der Waals surface area (Å²) in [6, 6.07) is 67.2. The Kier molecular flexibility index (Phi) is 7.71. The monoisotopic (exact) mass is 767 g/mol. The molecule has 0 N–H and O–H groups in total. The Morgan fingerprint density at radius 1 is 0.367 bits per heavy atom. The number of pyridine rings is 1. The standard InChI is InChI=1S/C53H33N7/c1-4-17-34(18-5-1)50-56-51(35-19-6-2-7-20-35)58-53(57-50)60-46-28-14-12-24-39(46)44-33-43(37-23-10-11-25-41(37)49(44)60)38-30-31-42(48-40(38)26-16-32-54-48)52-55-45-27-13-15-29-47(45)59(52)36-21-8-3-9-22-36/h1-33H. The predicted octanol–water partition coefficient (Wildman–Crippen LogP) is 12.7. The van der Waals surface area contributed by atoms with Crippen molar-refractivity contribution < 1.29 is 0 Å². The molecular weight excluding hydrogens is 735 g/mol. The first-order valence-electron chi connectivity index (χ1n) is 20.0. The van der Waals surface area contributed by atoms with E-state index in [2.05, 4.69) is 124 Å². The molecule has 4 aromatic heterocycles. The Morgan fingerprint density at radius 3 is 1.68 bits per heavy atom. The van der Waals surface area contributed by atoms with Gasteiger partial charge in [0.15, 0.2) is 11.6 Å². The van der Waals surface area contributed by atoms with Crippen LogP contribution < -0.4 is 0 Å². The Hall–Kier alpha value is -8.29. The molecule has 8 aromatic carbocycles. The first kappa shape index (κ1) is 33.8. The number of aromatic nitrogens is 7. The Morgan fingerprint density at radius 2 is 0.950 bits per heavy atom. The van der Waals surface area contributed by atoms with Gasteiger partial charge in [0.25, 0.3) is 0 Å². The van der Waals surface area contributed by atoms with Crippen LogP contribution in [0.4, 0.5) is 0 Å². The van der Waals surface area contributed by atoms with E-state index in [0.717, 1.165) is 93.8 Å². The van der Waals surface area contributed by atoms with Crippen molar-refractivity contribution in [2.75, 3.05) is 0 Å². The fraction of sp³-hybridized carbons (Fsp3) is 0. The van der Waals surface area contributed by atoms with Gasteiger partial charge in [-0.3, -0.25) is 14.1 Å². The van der Waals surface area contributed by atoms with Crippen LogP contribution in [-0.4, -0.2) is 34.1 Å². The number of hydrogen-bond donors (Lipinski definition) is 0. The second-order valence-electron chi connectivity index (χ2n) is 14.9. The summed E-state index contributed by atoms with van der Waals surface area (Å²) in [5.41, 5.74) is 11.0. The highest BCUT2D eigenvalue weighted by Crippen LogP contribution is 2.44. The molecule has 0 spiro atoms. The second-order valence-corrected chi connectivity index (χ2v) is 14.9. The minimum Gasteiger partial charge on any atom is -0.292 e. The summed E-state index contributed by atoms with van der Waals surface area (Å²) in [6.07, 6.45) is 1.88. The van der Waals surface area contributed by atoms with Gasteiger partial charge in [-0.15, -0.1) is 0 Å².